The number of ether oxygens (including phenoxy) is 1. The van der Waals surface area contributed by atoms with E-state index in [2.05, 4.69) is 21.2 Å². The van der Waals surface area contributed by atoms with Gasteiger partial charge in [-0.25, -0.2) is 0 Å². The number of carbonyl (C=O) groups excluding carboxylic acids is 2. The van der Waals surface area contributed by atoms with Crippen molar-refractivity contribution in [1.82, 2.24) is 0 Å². The van der Waals surface area contributed by atoms with Crippen LogP contribution in [0.25, 0.3) is 0 Å². The van der Waals surface area contributed by atoms with E-state index < -0.39 is 5.91 Å². The second kappa shape index (κ2) is 6.29. The summed E-state index contributed by atoms with van der Waals surface area (Å²) in [5.74, 6) is -0.198. The number of phenols is 1. The number of anilines is 2. The smallest absolute Gasteiger partial charge is 0.265 e. The Morgan fingerprint density at radius 1 is 1.30 bits per heavy atom. The molecule has 7 heteroatoms. The van der Waals surface area contributed by atoms with Crippen LogP contribution >= 0.6 is 15.9 Å². The summed E-state index contributed by atoms with van der Waals surface area (Å²) in [5, 5.41) is 12.3. The number of nitrogens with zero attached hydrogens (tertiary/aromatic N) is 1. The highest BCUT2D eigenvalue weighted by Gasteiger charge is 2.27. The summed E-state index contributed by atoms with van der Waals surface area (Å²) >= 11 is 3.34. The number of nitrogens with one attached hydrogen (secondary N) is 1. The summed E-state index contributed by atoms with van der Waals surface area (Å²) < 4.78 is 6.20. The molecule has 2 N–H and O–H groups in total. The van der Waals surface area contributed by atoms with E-state index in [0.29, 0.717) is 17.1 Å². The van der Waals surface area contributed by atoms with Gasteiger partial charge < -0.3 is 15.2 Å². The van der Waals surface area contributed by atoms with Crippen molar-refractivity contribution in [3.05, 3.63) is 46.9 Å². The van der Waals surface area contributed by atoms with Crippen molar-refractivity contribution in [2.75, 3.05) is 23.4 Å². The van der Waals surface area contributed by atoms with E-state index in [4.69, 9.17) is 4.74 Å². The number of carbonyl (C=O) groups is 2. The third-order valence-electron chi connectivity index (χ3n) is 3.34. The molecule has 2 aromatic rings. The largest absolute Gasteiger partial charge is 0.506 e. The lowest BCUT2D eigenvalue weighted by Crippen LogP contribution is -2.43. The SMILES string of the molecule is O=C(CN1C(=O)COc2cc(Br)ccc21)Nc1ccccc1O. The van der Waals surface area contributed by atoms with Crippen LogP contribution in [0.1, 0.15) is 0 Å². The van der Waals surface area contributed by atoms with Gasteiger partial charge in [0.25, 0.3) is 5.91 Å². The number of hydrogen-bond donors (Lipinski definition) is 2. The second-order valence-corrected chi connectivity index (χ2v) is 5.86. The molecule has 1 aliphatic heterocycles. The fourth-order valence-corrected chi connectivity index (χ4v) is 2.60. The number of para-hydroxylation sites is 2. The third kappa shape index (κ3) is 3.29. The molecule has 118 valence electrons. The lowest BCUT2D eigenvalue weighted by atomic mass is 10.2. The van der Waals surface area contributed by atoms with Gasteiger partial charge in [0.15, 0.2) is 6.61 Å². The first-order valence-electron chi connectivity index (χ1n) is 6.85. The molecule has 1 aliphatic rings. The number of phenolic OH excluding ortho intramolecular Hbond substituents is 1. The van der Waals surface area contributed by atoms with E-state index in [1.165, 1.54) is 11.0 Å². The van der Waals surface area contributed by atoms with E-state index in [1.807, 2.05) is 0 Å². The molecule has 0 saturated heterocycles. The van der Waals surface area contributed by atoms with Gasteiger partial charge in [-0.15, -0.1) is 0 Å². The molecule has 6 nitrogen and oxygen atoms in total. The lowest BCUT2D eigenvalue weighted by Gasteiger charge is -2.29. The van der Waals surface area contributed by atoms with Crippen molar-refractivity contribution >= 4 is 39.1 Å². The number of fused-ring (bicyclic) bond motifs is 1. The van der Waals surface area contributed by atoms with Crippen molar-refractivity contribution in [3.8, 4) is 11.5 Å². The number of rotatable bonds is 3. The van der Waals surface area contributed by atoms with Crippen LogP contribution in [-0.2, 0) is 9.59 Å². The summed E-state index contributed by atoms with van der Waals surface area (Å²) in [7, 11) is 0. The van der Waals surface area contributed by atoms with Crippen LogP contribution < -0.4 is 15.0 Å². The maximum atomic E-state index is 12.2. The predicted octanol–water partition coefficient (Wildman–Crippen LogP) is 2.52. The molecule has 3 rings (SSSR count). The van der Waals surface area contributed by atoms with Crippen LogP contribution in [0.3, 0.4) is 0 Å². The molecule has 0 saturated carbocycles. The summed E-state index contributed by atoms with van der Waals surface area (Å²) in [6.45, 7) is -0.279. The average molecular weight is 377 g/mol. The van der Waals surface area contributed by atoms with Gasteiger partial charge in [0, 0.05) is 4.47 Å². The van der Waals surface area contributed by atoms with Crippen molar-refractivity contribution in [2.24, 2.45) is 0 Å². The molecule has 0 radical (unpaired) electrons. The Labute approximate surface area is 140 Å². The van der Waals surface area contributed by atoms with Crippen LogP contribution in [0.4, 0.5) is 11.4 Å². The van der Waals surface area contributed by atoms with Gasteiger partial charge in [-0.2, -0.15) is 0 Å². The number of benzene rings is 2. The first-order valence-corrected chi connectivity index (χ1v) is 7.64. The minimum Gasteiger partial charge on any atom is -0.506 e. The lowest BCUT2D eigenvalue weighted by molar-refractivity contribution is -0.123. The van der Waals surface area contributed by atoms with Crippen molar-refractivity contribution in [1.29, 1.82) is 0 Å². The van der Waals surface area contributed by atoms with Crippen molar-refractivity contribution in [3.63, 3.8) is 0 Å². The number of hydrogen-bond acceptors (Lipinski definition) is 4. The maximum absolute atomic E-state index is 12.2. The monoisotopic (exact) mass is 376 g/mol. The van der Waals surface area contributed by atoms with Gasteiger partial charge in [0.1, 0.15) is 18.0 Å². The van der Waals surface area contributed by atoms with Gasteiger partial charge in [-0.1, -0.05) is 28.1 Å². The Kier molecular flexibility index (Phi) is 4.20. The Bertz CT molecular complexity index is 778. The second-order valence-electron chi connectivity index (χ2n) is 4.95. The molecule has 0 fully saturated rings. The van der Waals surface area contributed by atoms with Crippen LogP contribution in [0.2, 0.25) is 0 Å². The van der Waals surface area contributed by atoms with Crippen LogP contribution in [0, 0.1) is 0 Å². The molecule has 2 amide bonds. The van der Waals surface area contributed by atoms with Crippen LogP contribution in [-0.4, -0.2) is 30.1 Å². The van der Waals surface area contributed by atoms with Gasteiger partial charge in [0.2, 0.25) is 5.91 Å². The molecular weight excluding hydrogens is 364 g/mol. The highest BCUT2D eigenvalue weighted by Crippen LogP contribution is 2.34. The fraction of sp³-hybridized carbons (Fsp3) is 0.125. The fourth-order valence-electron chi connectivity index (χ4n) is 2.26. The van der Waals surface area contributed by atoms with E-state index in [-0.39, 0.29) is 24.8 Å². The molecule has 23 heavy (non-hydrogen) atoms. The zero-order valence-corrected chi connectivity index (χ0v) is 13.5. The zero-order chi connectivity index (χ0) is 16.4. The Balaban J connectivity index is 1.78. The molecule has 1 heterocycles. The molecular formula is C16H13BrN2O4. The van der Waals surface area contributed by atoms with Crippen molar-refractivity contribution < 1.29 is 19.4 Å². The normalized spacial score (nSPS) is 13.3. The Morgan fingerprint density at radius 2 is 2.09 bits per heavy atom. The molecule has 0 bridgehead atoms. The van der Waals surface area contributed by atoms with Gasteiger partial charge in [0.05, 0.1) is 11.4 Å². The van der Waals surface area contributed by atoms with E-state index in [9.17, 15) is 14.7 Å². The molecule has 0 aromatic heterocycles. The van der Waals surface area contributed by atoms with E-state index >= 15 is 0 Å². The average Bonchev–Trinajstić information content (AvgIpc) is 2.52. The highest BCUT2D eigenvalue weighted by atomic mass is 79.9. The highest BCUT2D eigenvalue weighted by molar-refractivity contribution is 9.10. The molecule has 2 aromatic carbocycles. The zero-order valence-electron chi connectivity index (χ0n) is 12.0. The Hall–Kier alpha value is -2.54. The number of halogens is 1. The summed E-state index contributed by atoms with van der Waals surface area (Å²) in [6, 6.07) is 11.6. The molecule has 0 unspecified atom stereocenters. The third-order valence-corrected chi connectivity index (χ3v) is 3.84. The molecule has 0 spiro atoms. The minimum absolute atomic E-state index is 0.0292. The van der Waals surface area contributed by atoms with Crippen LogP contribution in [0.5, 0.6) is 11.5 Å². The quantitative estimate of drug-likeness (QED) is 0.806. The van der Waals surface area contributed by atoms with E-state index in [0.717, 1.165) is 4.47 Å². The summed E-state index contributed by atoms with van der Waals surface area (Å²) in [5.41, 5.74) is 0.839. The minimum atomic E-state index is -0.407. The first kappa shape index (κ1) is 15.4. The summed E-state index contributed by atoms with van der Waals surface area (Å²) in [4.78, 5) is 25.6. The van der Waals surface area contributed by atoms with Gasteiger partial charge in [-0.3, -0.25) is 14.5 Å². The molecule has 0 aliphatic carbocycles. The topological polar surface area (TPSA) is 78.9 Å². The predicted molar refractivity (Wildman–Crippen MR) is 88.7 cm³/mol. The van der Waals surface area contributed by atoms with Gasteiger partial charge in [-0.05, 0) is 30.3 Å². The summed E-state index contributed by atoms with van der Waals surface area (Å²) in [6.07, 6.45) is 0. The number of amides is 2. The maximum Gasteiger partial charge on any atom is 0.265 e. The standard InChI is InChI=1S/C16H13BrN2O4/c17-10-5-6-12-14(7-10)23-9-16(22)19(12)8-15(21)18-11-3-1-2-4-13(11)20/h1-7,20H,8-9H2,(H,18,21). The van der Waals surface area contributed by atoms with Crippen LogP contribution in [0.15, 0.2) is 46.9 Å². The molecule has 0 atom stereocenters. The van der Waals surface area contributed by atoms with E-state index in [1.54, 1.807) is 36.4 Å². The van der Waals surface area contributed by atoms with Gasteiger partial charge >= 0.3 is 0 Å². The number of aromatic hydroxyl groups is 1. The first-order chi connectivity index (χ1) is 11.0. The van der Waals surface area contributed by atoms with Crippen molar-refractivity contribution in [2.45, 2.75) is 0 Å². The Morgan fingerprint density at radius 3 is 2.87 bits per heavy atom.